The van der Waals surface area contributed by atoms with Gasteiger partial charge in [-0.3, -0.25) is 9.59 Å². The van der Waals surface area contributed by atoms with Crippen molar-refractivity contribution in [2.24, 2.45) is 11.8 Å². The number of hydrogen-bond donors (Lipinski definition) is 1. The van der Waals surface area contributed by atoms with Gasteiger partial charge in [0.2, 0.25) is 5.91 Å². The predicted octanol–water partition coefficient (Wildman–Crippen LogP) is 2.62. The van der Waals surface area contributed by atoms with Gasteiger partial charge in [0.05, 0.1) is 0 Å². The number of carbonyl (C=O) groups excluding carboxylic acids is 1. The lowest BCUT2D eigenvalue weighted by Gasteiger charge is -2.25. The maximum absolute atomic E-state index is 12.3. The highest BCUT2D eigenvalue weighted by Gasteiger charge is 2.32. The summed E-state index contributed by atoms with van der Waals surface area (Å²) < 4.78 is 0. The highest BCUT2D eigenvalue weighted by Crippen LogP contribution is 2.24. The van der Waals surface area contributed by atoms with Crippen molar-refractivity contribution in [1.29, 1.82) is 0 Å². The lowest BCUT2D eigenvalue weighted by Crippen LogP contribution is -2.40. The van der Waals surface area contributed by atoms with Gasteiger partial charge < -0.3 is 10.0 Å². The van der Waals surface area contributed by atoms with E-state index in [1.54, 1.807) is 20.9 Å². The van der Waals surface area contributed by atoms with Gasteiger partial charge in [-0.25, -0.2) is 0 Å². The number of nitrogens with zero attached hydrogens (tertiary/aromatic N) is 1. The summed E-state index contributed by atoms with van der Waals surface area (Å²) in [7, 11) is 1.63. The Labute approximate surface area is 114 Å². The van der Waals surface area contributed by atoms with Gasteiger partial charge in [0.1, 0.15) is 5.92 Å². The summed E-state index contributed by atoms with van der Waals surface area (Å²) in [6, 6.07) is 5.79. The van der Waals surface area contributed by atoms with Crippen LogP contribution in [0.3, 0.4) is 0 Å². The number of hydrogen-bond acceptors (Lipinski definition) is 2. The highest BCUT2D eigenvalue weighted by atomic mass is 16.4. The summed E-state index contributed by atoms with van der Waals surface area (Å²) in [5.41, 5.74) is 2.75. The van der Waals surface area contributed by atoms with Crippen LogP contribution in [0.1, 0.15) is 25.0 Å². The largest absolute Gasteiger partial charge is 0.481 e. The van der Waals surface area contributed by atoms with E-state index >= 15 is 0 Å². The van der Waals surface area contributed by atoms with Crippen LogP contribution in [0.25, 0.3) is 0 Å². The van der Waals surface area contributed by atoms with Crippen molar-refractivity contribution in [3.63, 3.8) is 0 Å². The molecule has 0 bridgehead atoms. The standard InChI is InChI=1S/C15H21NO3/c1-9(2)13(15(18)19)14(17)16(5)12-8-10(3)6-7-11(12)4/h6-9,13H,1-5H3,(H,18,19). The van der Waals surface area contributed by atoms with Gasteiger partial charge in [-0.05, 0) is 37.0 Å². The molecule has 0 aliphatic carbocycles. The van der Waals surface area contributed by atoms with E-state index in [-0.39, 0.29) is 11.8 Å². The summed E-state index contributed by atoms with van der Waals surface area (Å²) in [5.74, 6) is -2.70. The Morgan fingerprint density at radius 1 is 1.21 bits per heavy atom. The fraction of sp³-hybridized carbons (Fsp3) is 0.467. The number of aryl methyl sites for hydroxylation is 2. The Hall–Kier alpha value is -1.84. The number of anilines is 1. The lowest BCUT2D eigenvalue weighted by atomic mass is 9.94. The summed E-state index contributed by atoms with van der Waals surface area (Å²) in [4.78, 5) is 25.0. The number of amides is 1. The van der Waals surface area contributed by atoms with Crippen molar-refractivity contribution in [3.8, 4) is 0 Å². The number of aliphatic carboxylic acids is 1. The lowest BCUT2D eigenvalue weighted by molar-refractivity contribution is -0.147. The van der Waals surface area contributed by atoms with E-state index in [2.05, 4.69) is 0 Å². The Morgan fingerprint density at radius 2 is 1.79 bits per heavy atom. The topological polar surface area (TPSA) is 57.6 Å². The molecule has 0 aliphatic heterocycles. The smallest absolute Gasteiger partial charge is 0.316 e. The second-order valence-electron chi connectivity index (χ2n) is 5.25. The minimum absolute atomic E-state index is 0.238. The van der Waals surface area contributed by atoms with Crippen molar-refractivity contribution in [3.05, 3.63) is 29.3 Å². The molecule has 1 amide bonds. The molecular weight excluding hydrogens is 242 g/mol. The molecule has 1 atom stereocenters. The minimum atomic E-state index is -1.07. The first-order valence-corrected chi connectivity index (χ1v) is 6.33. The first kappa shape index (κ1) is 15.2. The molecule has 1 unspecified atom stereocenters. The molecule has 1 aromatic carbocycles. The van der Waals surface area contributed by atoms with Crippen LogP contribution in [0.4, 0.5) is 5.69 Å². The number of carbonyl (C=O) groups is 2. The molecule has 1 rings (SSSR count). The predicted molar refractivity (Wildman–Crippen MR) is 75.3 cm³/mol. The first-order valence-electron chi connectivity index (χ1n) is 6.33. The number of carboxylic acid groups (broad SMARTS) is 1. The van der Waals surface area contributed by atoms with Crippen LogP contribution in [-0.2, 0) is 9.59 Å². The maximum Gasteiger partial charge on any atom is 0.316 e. The third-order valence-electron chi connectivity index (χ3n) is 3.26. The summed E-state index contributed by atoms with van der Waals surface area (Å²) >= 11 is 0. The second-order valence-corrected chi connectivity index (χ2v) is 5.25. The van der Waals surface area contributed by atoms with Crippen LogP contribution in [0.2, 0.25) is 0 Å². The van der Waals surface area contributed by atoms with E-state index < -0.39 is 11.9 Å². The molecule has 0 fully saturated rings. The van der Waals surface area contributed by atoms with Gasteiger partial charge in [0.15, 0.2) is 0 Å². The van der Waals surface area contributed by atoms with Crippen molar-refractivity contribution < 1.29 is 14.7 Å². The quantitative estimate of drug-likeness (QED) is 0.849. The number of benzene rings is 1. The average molecular weight is 263 g/mol. The molecule has 0 radical (unpaired) electrons. The van der Waals surface area contributed by atoms with E-state index in [0.29, 0.717) is 0 Å². The number of carboxylic acids is 1. The van der Waals surface area contributed by atoms with Gasteiger partial charge in [-0.2, -0.15) is 0 Å². The van der Waals surface area contributed by atoms with Crippen molar-refractivity contribution in [2.75, 3.05) is 11.9 Å². The van der Waals surface area contributed by atoms with Crippen LogP contribution >= 0.6 is 0 Å². The van der Waals surface area contributed by atoms with Crippen LogP contribution < -0.4 is 4.90 Å². The molecule has 0 heterocycles. The zero-order chi connectivity index (χ0) is 14.7. The van der Waals surface area contributed by atoms with E-state index in [0.717, 1.165) is 16.8 Å². The molecule has 4 nitrogen and oxygen atoms in total. The summed E-state index contributed by atoms with van der Waals surface area (Å²) in [5, 5.41) is 9.19. The van der Waals surface area contributed by atoms with Crippen LogP contribution in [-0.4, -0.2) is 24.0 Å². The Morgan fingerprint density at radius 3 is 2.26 bits per heavy atom. The molecule has 0 aliphatic rings. The van der Waals surface area contributed by atoms with Crippen molar-refractivity contribution in [2.45, 2.75) is 27.7 Å². The third-order valence-corrected chi connectivity index (χ3v) is 3.26. The van der Waals surface area contributed by atoms with E-state index in [1.165, 1.54) is 4.90 Å². The van der Waals surface area contributed by atoms with Gasteiger partial charge in [-0.15, -0.1) is 0 Å². The monoisotopic (exact) mass is 263 g/mol. The van der Waals surface area contributed by atoms with E-state index in [1.807, 2.05) is 32.0 Å². The average Bonchev–Trinajstić information content (AvgIpc) is 2.30. The third kappa shape index (κ3) is 3.34. The fourth-order valence-electron chi connectivity index (χ4n) is 2.08. The van der Waals surface area contributed by atoms with Gasteiger partial charge in [-0.1, -0.05) is 26.0 Å². The molecule has 0 saturated heterocycles. The summed E-state index contributed by atoms with van der Waals surface area (Å²) in [6.07, 6.45) is 0. The van der Waals surface area contributed by atoms with E-state index in [4.69, 9.17) is 0 Å². The Bertz CT molecular complexity index is 494. The zero-order valence-corrected chi connectivity index (χ0v) is 12.1. The van der Waals surface area contributed by atoms with Crippen LogP contribution in [0.15, 0.2) is 18.2 Å². The first-order chi connectivity index (χ1) is 8.75. The fourth-order valence-corrected chi connectivity index (χ4v) is 2.08. The van der Waals surface area contributed by atoms with Crippen LogP contribution in [0.5, 0.6) is 0 Å². The van der Waals surface area contributed by atoms with Gasteiger partial charge in [0.25, 0.3) is 0 Å². The minimum Gasteiger partial charge on any atom is -0.481 e. The normalized spacial score (nSPS) is 12.3. The molecule has 0 aromatic heterocycles. The Balaban J connectivity index is 3.11. The molecule has 0 spiro atoms. The van der Waals surface area contributed by atoms with Crippen molar-refractivity contribution >= 4 is 17.6 Å². The zero-order valence-electron chi connectivity index (χ0n) is 12.1. The molecule has 19 heavy (non-hydrogen) atoms. The molecule has 1 aromatic rings. The molecular formula is C15H21NO3. The maximum atomic E-state index is 12.3. The second kappa shape index (κ2) is 5.87. The molecule has 0 saturated carbocycles. The Kier molecular flexibility index (Phi) is 4.70. The molecule has 1 N–H and O–H groups in total. The van der Waals surface area contributed by atoms with Gasteiger partial charge in [0, 0.05) is 12.7 Å². The SMILES string of the molecule is Cc1ccc(C)c(N(C)C(=O)C(C(=O)O)C(C)C)c1. The van der Waals surface area contributed by atoms with Crippen molar-refractivity contribution in [1.82, 2.24) is 0 Å². The van der Waals surface area contributed by atoms with Crippen LogP contribution in [0, 0.1) is 25.7 Å². The van der Waals surface area contributed by atoms with Gasteiger partial charge >= 0.3 is 5.97 Å². The summed E-state index contributed by atoms with van der Waals surface area (Å²) in [6.45, 7) is 7.34. The van der Waals surface area contributed by atoms with E-state index in [9.17, 15) is 14.7 Å². The number of rotatable bonds is 4. The highest BCUT2D eigenvalue weighted by molar-refractivity contribution is 6.05. The molecule has 4 heteroatoms. The molecule has 104 valence electrons.